The average Bonchev–Trinajstić information content (AvgIpc) is 2.06. The van der Waals surface area contributed by atoms with Crippen molar-refractivity contribution in [3.63, 3.8) is 0 Å². The Bertz CT molecular complexity index is 91.0. The van der Waals surface area contributed by atoms with E-state index in [4.69, 9.17) is 11.6 Å². The summed E-state index contributed by atoms with van der Waals surface area (Å²) in [5, 5.41) is 0. The fourth-order valence-corrected chi connectivity index (χ4v) is 2.17. The van der Waals surface area contributed by atoms with Crippen LogP contribution >= 0.6 is 11.6 Å². The molecule has 0 amide bonds. The van der Waals surface area contributed by atoms with Gasteiger partial charge >= 0.3 is 0 Å². The number of hydrogen-bond acceptors (Lipinski definition) is 0. The smallest absolute Gasteiger partial charge is 0.0279 e. The summed E-state index contributed by atoms with van der Waals surface area (Å²) in [6.45, 7) is 9.06. The van der Waals surface area contributed by atoms with E-state index in [2.05, 4.69) is 27.7 Å². The lowest BCUT2D eigenvalue weighted by Crippen LogP contribution is -2.27. The molecule has 0 aromatic rings. The summed E-state index contributed by atoms with van der Waals surface area (Å²) >= 11 is 5.96. The topological polar surface area (TPSA) is 0 Å². The molecule has 0 heterocycles. The van der Waals surface area contributed by atoms with Crippen LogP contribution < -0.4 is 0 Å². The van der Waals surface area contributed by atoms with Crippen LogP contribution in [0.1, 0.15) is 47.0 Å². The van der Waals surface area contributed by atoms with E-state index in [0.29, 0.717) is 5.41 Å². The lowest BCUT2D eigenvalue weighted by molar-refractivity contribution is 0.196. The van der Waals surface area contributed by atoms with Gasteiger partial charge in [0, 0.05) is 5.88 Å². The Morgan fingerprint density at radius 2 is 1.64 bits per heavy atom. The number of alkyl halides is 1. The van der Waals surface area contributed by atoms with E-state index in [1.165, 1.54) is 19.3 Å². The van der Waals surface area contributed by atoms with Gasteiger partial charge in [-0.2, -0.15) is 0 Å². The predicted molar refractivity (Wildman–Crippen MR) is 53.2 cm³/mol. The Kier molecular flexibility index (Phi) is 5.16. The zero-order valence-corrected chi connectivity index (χ0v) is 9.04. The quantitative estimate of drug-likeness (QED) is 0.554. The zero-order chi connectivity index (χ0) is 8.91. The van der Waals surface area contributed by atoms with Gasteiger partial charge in [-0.15, -0.1) is 11.6 Å². The maximum atomic E-state index is 5.96. The molecule has 0 fully saturated rings. The third kappa shape index (κ3) is 2.66. The molecule has 0 spiro atoms. The second-order valence-corrected chi connectivity index (χ2v) is 3.92. The normalized spacial score (nSPS) is 16.9. The highest BCUT2D eigenvalue weighted by atomic mass is 35.5. The van der Waals surface area contributed by atoms with Gasteiger partial charge in [0.25, 0.3) is 0 Å². The fourth-order valence-electron chi connectivity index (χ4n) is 1.77. The molecule has 11 heavy (non-hydrogen) atoms. The van der Waals surface area contributed by atoms with E-state index in [1.54, 1.807) is 0 Å². The van der Waals surface area contributed by atoms with Crippen molar-refractivity contribution in [2.75, 3.05) is 5.88 Å². The van der Waals surface area contributed by atoms with Crippen LogP contribution in [0.2, 0.25) is 0 Å². The molecule has 0 aliphatic heterocycles. The van der Waals surface area contributed by atoms with E-state index < -0.39 is 0 Å². The third-order valence-corrected chi connectivity index (χ3v) is 3.69. The van der Waals surface area contributed by atoms with E-state index in [9.17, 15) is 0 Å². The van der Waals surface area contributed by atoms with Crippen LogP contribution in [-0.4, -0.2) is 5.88 Å². The van der Waals surface area contributed by atoms with Crippen molar-refractivity contribution < 1.29 is 0 Å². The molecular weight excluding hydrogens is 156 g/mol. The summed E-state index contributed by atoms with van der Waals surface area (Å²) in [4.78, 5) is 0. The Labute approximate surface area is 76.3 Å². The van der Waals surface area contributed by atoms with Crippen molar-refractivity contribution in [2.24, 2.45) is 11.3 Å². The lowest BCUT2D eigenvalue weighted by Gasteiger charge is -2.34. The van der Waals surface area contributed by atoms with Crippen LogP contribution in [0.15, 0.2) is 0 Å². The molecule has 1 atom stereocenters. The van der Waals surface area contributed by atoms with Crippen LogP contribution in [0.5, 0.6) is 0 Å². The van der Waals surface area contributed by atoms with Crippen LogP contribution in [0.3, 0.4) is 0 Å². The molecule has 0 saturated carbocycles. The standard InChI is InChI=1S/C10H21Cl/c1-5-9(6-2)10(4,7-3)8-11/h9H,5-8H2,1-4H3. The van der Waals surface area contributed by atoms with Crippen LogP contribution in [-0.2, 0) is 0 Å². The van der Waals surface area contributed by atoms with Crippen LogP contribution in [0.4, 0.5) is 0 Å². The molecule has 0 aliphatic carbocycles. The minimum atomic E-state index is 0.366. The molecule has 68 valence electrons. The molecular formula is C10H21Cl. The van der Waals surface area contributed by atoms with Gasteiger partial charge in [0.05, 0.1) is 0 Å². The first-order valence-electron chi connectivity index (χ1n) is 4.70. The Morgan fingerprint density at radius 3 is 1.73 bits per heavy atom. The van der Waals surface area contributed by atoms with Gasteiger partial charge in [0.1, 0.15) is 0 Å². The maximum absolute atomic E-state index is 5.96. The summed E-state index contributed by atoms with van der Waals surface area (Å²) < 4.78 is 0. The SMILES string of the molecule is CCC(CC)C(C)(CC)CCl. The fraction of sp³-hybridized carbons (Fsp3) is 1.00. The van der Waals surface area contributed by atoms with Crippen molar-refractivity contribution in [3.8, 4) is 0 Å². The highest BCUT2D eigenvalue weighted by Gasteiger charge is 2.28. The average molecular weight is 177 g/mol. The summed E-state index contributed by atoms with van der Waals surface area (Å²) in [5.74, 6) is 1.60. The van der Waals surface area contributed by atoms with Gasteiger partial charge in [0.2, 0.25) is 0 Å². The number of rotatable bonds is 5. The number of hydrogen-bond donors (Lipinski definition) is 0. The third-order valence-electron chi connectivity index (χ3n) is 3.08. The molecule has 0 nitrogen and oxygen atoms in total. The van der Waals surface area contributed by atoms with Gasteiger partial charge in [-0.3, -0.25) is 0 Å². The van der Waals surface area contributed by atoms with E-state index in [1.807, 2.05) is 0 Å². The summed E-state index contributed by atoms with van der Waals surface area (Å²) in [6.07, 6.45) is 3.71. The van der Waals surface area contributed by atoms with Gasteiger partial charge < -0.3 is 0 Å². The minimum Gasteiger partial charge on any atom is -0.126 e. The minimum absolute atomic E-state index is 0.366. The van der Waals surface area contributed by atoms with Crippen molar-refractivity contribution in [2.45, 2.75) is 47.0 Å². The Morgan fingerprint density at radius 1 is 1.18 bits per heavy atom. The van der Waals surface area contributed by atoms with E-state index >= 15 is 0 Å². The van der Waals surface area contributed by atoms with Gasteiger partial charge in [-0.05, 0) is 17.8 Å². The Balaban J connectivity index is 4.19. The van der Waals surface area contributed by atoms with Crippen molar-refractivity contribution in [1.29, 1.82) is 0 Å². The summed E-state index contributed by atoms with van der Waals surface area (Å²) in [7, 11) is 0. The Hall–Kier alpha value is 0.290. The highest BCUT2D eigenvalue weighted by molar-refractivity contribution is 6.18. The second-order valence-electron chi connectivity index (χ2n) is 3.65. The number of halogens is 1. The van der Waals surface area contributed by atoms with Crippen molar-refractivity contribution in [1.82, 2.24) is 0 Å². The molecule has 0 radical (unpaired) electrons. The summed E-state index contributed by atoms with van der Waals surface area (Å²) in [5.41, 5.74) is 0.366. The van der Waals surface area contributed by atoms with Crippen molar-refractivity contribution in [3.05, 3.63) is 0 Å². The van der Waals surface area contributed by atoms with E-state index in [0.717, 1.165) is 11.8 Å². The largest absolute Gasteiger partial charge is 0.126 e. The molecule has 0 saturated heterocycles. The van der Waals surface area contributed by atoms with Crippen LogP contribution in [0, 0.1) is 11.3 Å². The molecule has 0 aromatic heterocycles. The first-order valence-corrected chi connectivity index (χ1v) is 5.24. The molecule has 1 heteroatoms. The summed E-state index contributed by atoms with van der Waals surface area (Å²) in [6, 6.07) is 0. The molecule has 0 aromatic carbocycles. The maximum Gasteiger partial charge on any atom is 0.0279 e. The van der Waals surface area contributed by atoms with Gasteiger partial charge in [-0.25, -0.2) is 0 Å². The molecule has 0 aliphatic rings. The van der Waals surface area contributed by atoms with Crippen LogP contribution in [0.25, 0.3) is 0 Å². The molecule has 0 N–H and O–H groups in total. The highest BCUT2D eigenvalue weighted by Crippen LogP contribution is 2.36. The zero-order valence-electron chi connectivity index (χ0n) is 8.28. The van der Waals surface area contributed by atoms with Crippen molar-refractivity contribution >= 4 is 11.6 Å². The second kappa shape index (κ2) is 5.03. The van der Waals surface area contributed by atoms with E-state index in [-0.39, 0.29) is 0 Å². The monoisotopic (exact) mass is 176 g/mol. The lowest BCUT2D eigenvalue weighted by atomic mass is 9.74. The van der Waals surface area contributed by atoms with Gasteiger partial charge in [0.15, 0.2) is 0 Å². The predicted octanol–water partition coefficient (Wildman–Crippen LogP) is 4.08. The molecule has 1 unspecified atom stereocenters. The molecule has 0 bridgehead atoms. The van der Waals surface area contributed by atoms with Gasteiger partial charge in [-0.1, -0.05) is 40.5 Å². The molecule has 0 rings (SSSR count). The first kappa shape index (κ1) is 11.3. The first-order chi connectivity index (χ1) is 5.14.